The smallest absolute Gasteiger partial charge is 0.250 e. The zero-order valence-electron chi connectivity index (χ0n) is 13.5. The first-order chi connectivity index (χ1) is 12.3. The lowest BCUT2D eigenvalue weighted by molar-refractivity contribution is -0.118. The first-order valence-electron chi connectivity index (χ1n) is 7.83. The number of hydrogen-bond donors (Lipinski definition) is 1. The van der Waals surface area contributed by atoms with Crippen LogP contribution >= 0.6 is 11.8 Å². The second kappa shape index (κ2) is 8.80. The SMILES string of the molecule is O=C(CSc1ccc2ccccc2n1)N/N=C/C=C/c1ccccc1. The highest BCUT2D eigenvalue weighted by molar-refractivity contribution is 7.99. The Morgan fingerprint density at radius 3 is 2.72 bits per heavy atom. The van der Waals surface area contributed by atoms with Crippen molar-refractivity contribution in [2.24, 2.45) is 5.10 Å². The molecule has 5 heteroatoms. The quantitative estimate of drug-likeness (QED) is 0.414. The van der Waals surface area contributed by atoms with E-state index in [4.69, 9.17) is 0 Å². The summed E-state index contributed by atoms with van der Waals surface area (Å²) >= 11 is 1.39. The molecular weight excluding hydrogens is 330 g/mol. The van der Waals surface area contributed by atoms with Gasteiger partial charge in [0.15, 0.2) is 0 Å². The molecule has 0 unspecified atom stereocenters. The van der Waals surface area contributed by atoms with Crippen molar-refractivity contribution < 1.29 is 4.79 Å². The summed E-state index contributed by atoms with van der Waals surface area (Å²) in [5.41, 5.74) is 4.52. The number of hydrazone groups is 1. The van der Waals surface area contributed by atoms with Gasteiger partial charge in [0.25, 0.3) is 0 Å². The molecule has 4 nitrogen and oxygen atoms in total. The van der Waals surface area contributed by atoms with E-state index < -0.39 is 0 Å². The molecule has 1 N–H and O–H groups in total. The Morgan fingerprint density at radius 2 is 1.84 bits per heavy atom. The van der Waals surface area contributed by atoms with E-state index in [-0.39, 0.29) is 11.7 Å². The van der Waals surface area contributed by atoms with Gasteiger partial charge in [0, 0.05) is 11.6 Å². The molecule has 1 amide bonds. The van der Waals surface area contributed by atoms with Crippen LogP contribution in [-0.4, -0.2) is 22.9 Å². The molecule has 25 heavy (non-hydrogen) atoms. The lowest BCUT2D eigenvalue weighted by Gasteiger charge is -2.02. The molecule has 0 saturated heterocycles. The molecule has 0 spiro atoms. The fourth-order valence-corrected chi connectivity index (χ4v) is 2.84. The standard InChI is InChI=1S/C20H17N3OS/c24-19(23-21-14-6-9-16-7-2-1-3-8-16)15-25-20-13-12-17-10-4-5-11-18(17)22-20/h1-14H,15H2,(H,23,24)/b9-6+,21-14+. The maximum Gasteiger partial charge on any atom is 0.250 e. The van der Waals surface area contributed by atoms with Gasteiger partial charge in [-0.3, -0.25) is 4.79 Å². The number of hydrogen-bond acceptors (Lipinski definition) is 4. The van der Waals surface area contributed by atoms with Crippen LogP contribution in [0.15, 0.2) is 82.9 Å². The van der Waals surface area contributed by atoms with Crippen molar-refractivity contribution in [3.8, 4) is 0 Å². The van der Waals surface area contributed by atoms with Crippen molar-refractivity contribution in [1.29, 1.82) is 0 Å². The number of carbonyl (C=O) groups is 1. The van der Waals surface area contributed by atoms with Crippen LogP contribution in [0.25, 0.3) is 17.0 Å². The summed E-state index contributed by atoms with van der Waals surface area (Å²) in [7, 11) is 0. The van der Waals surface area contributed by atoms with Crippen molar-refractivity contribution in [1.82, 2.24) is 10.4 Å². The predicted molar refractivity (Wildman–Crippen MR) is 105 cm³/mol. The Hall–Kier alpha value is -2.92. The molecule has 0 aliphatic heterocycles. The molecule has 0 radical (unpaired) electrons. The third-order valence-electron chi connectivity index (χ3n) is 3.36. The fourth-order valence-electron chi connectivity index (χ4n) is 2.17. The number of aromatic nitrogens is 1. The summed E-state index contributed by atoms with van der Waals surface area (Å²) in [6.07, 6.45) is 5.26. The topological polar surface area (TPSA) is 54.4 Å². The largest absolute Gasteiger partial charge is 0.272 e. The highest BCUT2D eigenvalue weighted by Gasteiger charge is 2.03. The molecule has 3 aromatic rings. The summed E-state index contributed by atoms with van der Waals surface area (Å²) < 4.78 is 0. The van der Waals surface area contributed by atoms with Crippen LogP contribution in [0, 0.1) is 0 Å². The summed E-state index contributed by atoms with van der Waals surface area (Å²) in [5, 5.41) is 5.81. The van der Waals surface area contributed by atoms with Crippen LogP contribution in [-0.2, 0) is 4.79 Å². The third kappa shape index (κ3) is 5.29. The Labute approximate surface area is 150 Å². The van der Waals surface area contributed by atoms with E-state index in [0.29, 0.717) is 0 Å². The Balaban J connectivity index is 1.45. The number of fused-ring (bicyclic) bond motifs is 1. The van der Waals surface area contributed by atoms with Gasteiger partial charge in [0.05, 0.1) is 16.3 Å². The van der Waals surface area contributed by atoms with Gasteiger partial charge in [-0.25, -0.2) is 10.4 Å². The average Bonchev–Trinajstić information content (AvgIpc) is 2.67. The number of thioether (sulfide) groups is 1. The first kappa shape index (κ1) is 16.9. The molecule has 2 aromatic carbocycles. The van der Waals surface area contributed by atoms with Crippen LogP contribution in [0.4, 0.5) is 0 Å². The number of amides is 1. The minimum Gasteiger partial charge on any atom is -0.272 e. The van der Waals surface area contributed by atoms with Crippen molar-refractivity contribution in [2.45, 2.75) is 5.03 Å². The molecule has 1 heterocycles. The van der Waals surface area contributed by atoms with Crippen LogP contribution in [0.1, 0.15) is 5.56 Å². The van der Waals surface area contributed by atoms with Gasteiger partial charge in [0.2, 0.25) is 5.91 Å². The number of pyridine rings is 1. The molecule has 124 valence electrons. The van der Waals surface area contributed by atoms with E-state index in [2.05, 4.69) is 15.5 Å². The fraction of sp³-hybridized carbons (Fsp3) is 0.0500. The Morgan fingerprint density at radius 1 is 1.04 bits per heavy atom. The molecule has 0 saturated carbocycles. The second-order valence-corrected chi connectivity index (χ2v) is 6.21. The molecule has 3 rings (SSSR count). The maximum absolute atomic E-state index is 11.8. The van der Waals surface area contributed by atoms with Gasteiger partial charge < -0.3 is 0 Å². The lowest BCUT2D eigenvalue weighted by Crippen LogP contribution is -2.19. The second-order valence-electron chi connectivity index (χ2n) is 5.21. The zero-order chi connectivity index (χ0) is 17.3. The van der Waals surface area contributed by atoms with E-state index in [9.17, 15) is 4.79 Å². The molecule has 1 aromatic heterocycles. The van der Waals surface area contributed by atoms with Crippen molar-refractivity contribution in [3.05, 3.63) is 78.4 Å². The van der Waals surface area contributed by atoms with Crippen LogP contribution in [0.5, 0.6) is 0 Å². The summed E-state index contributed by atoms with van der Waals surface area (Å²) in [4.78, 5) is 16.3. The molecule has 0 aliphatic carbocycles. The van der Waals surface area contributed by atoms with E-state index >= 15 is 0 Å². The number of para-hydroxylation sites is 1. The number of nitrogens with one attached hydrogen (secondary N) is 1. The van der Waals surface area contributed by atoms with Gasteiger partial charge in [0.1, 0.15) is 0 Å². The van der Waals surface area contributed by atoms with Crippen molar-refractivity contribution >= 4 is 40.9 Å². The first-order valence-corrected chi connectivity index (χ1v) is 8.82. The highest BCUT2D eigenvalue weighted by atomic mass is 32.2. The maximum atomic E-state index is 11.8. The van der Waals surface area contributed by atoms with E-state index in [1.807, 2.05) is 72.8 Å². The van der Waals surface area contributed by atoms with Gasteiger partial charge in [-0.1, -0.05) is 72.4 Å². The van der Waals surface area contributed by atoms with Gasteiger partial charge >= 0.3 is 0 Å². The number of rotatable bonds is 6. The molecule has 0 atom stereocenters. The van der Waals surface area contributed by atoms with Gasteiger partial charge in [-0.05, 0) is 23.8 Å². The molecule has 0 bridgehead atoms. The normalized spacial score (nSPS) is 11.4. The number of nitrogens with zero attached hydrogens (tertiary/aromatic N) is 2. The van der Waals surface area contributed by atoms with E-state index in [0.717, 1.165) is 21.5 Å². The monoisotopic (exact) mass is 347 g/mol. The summed E-state index contributed by atoms with van der Waals surface area (Å²) in [6.45, 7) is 0. The van der Waals surface area contributed by atoms with E-state index in [1.165, 1.54) is 11.8 Å². The van der Waals surface area contributed by atoms with Gasteiger partial charge in [-0.15, -0.1) is 0 Å². The minimum atomic E-state index is -0.163. The van der Waals surface area contributed by atoms with Crippen molar-refractivity contribution in [2.75, 3.05) is 5.75 Å². The third-order valence-corrected chi connectivity index (χ3v) is 4.29. The molecule has 0 aliphatic rings. The van der Waals surface area contributed by atoms with Crippen LogP contribution < -0.4 is 5.43 Å². The number of allylic oxidation sites excluding steroid dienone is 1. The minimum absolute atomic E-state index is 0.163. The number of carbonyl (C=O) groups excluding carboxylic acids is 1. The Bertz CT molecular complexity index is 907. The van der Waals surface area contributed by atoms with Crippen LogP contribution in [0.2, 0.25) is 0 Å². The summed E-state index contributed by atoms with van der Waals surface area (Å²) in [5.74, 6) is 0.106. The average molecular weight is 347 g/mol. The number of benzene rings is 2. The van der Waals surface area contributed by atoms with Crippen molar-refractivity contribution in [3.63, 3.8) is 0 Å². The van der Waals surface area contributed by atoms with Crippen LogP contribution in [0.3, 0.4) is 0 Å². The molecule has 0 fully saturated rings. The predicted octanol–water partition coefficient (Wildman–Crippen LogP) is 4.14. The lowest BCUT2D eigenvalue weighted by atomic mass is 10.2. The highest BCUT2D eigenvalue weighted by Crippen LogP contribution is 2.19. The van der Waals surface area contributed by atoms with Gasteiger partial charge in [-0.2, -0.15) is 5.10 Å². The summed E-state index contributed by atoms with van der Waals surface area (Å²) in [6, 6.07) is 21.7. The van der Waals surface area contributed by atoms with E-state index in [1.54, 1.807) is 12.3 Å². The zero-order valence-corrected chi connectivity index (χ0v) is 14.3. The molecular formula is C20H17N3OS. The Kier molecular flexibility index (Phi) is 5.96.